The summed E-state index contributed by atoms with van der Waals surface area (Å²) in [7, 11) is 0. The summed E-state index contributed by atoms with van der Waals surface area (Å²) >= 11 is 6.77. The maximum atomic E-state index is 5.21. The van der Waals surface area contributed by atoms with Crippen molar-refractivity contribution in [3.05, 3.63) is 95.5 Å². The van der Waals surface area contributed by atoms with Crippen molar-refractivity contribution >= 4 is 53.0 Å². The predicted octanol–water partition coefficient (Wildman–Crippen LogP) is 9.52. The fourth-order valence-electron chi connectivity index (χ4n) is 4.49. The molecule has 0 saturated carbocycles. The number of benzene rings is 3. The Morgan fingerprint density at radius 2 is 1.63 bits per heavy atom. The van der Waals surface area contributed by atoms with Gasteiger partial charge in [0.05, 0.1) is 28.0 Å². The van der Waals surface area contributed by atoms with Crippen molar-refractivity contribution in [1.82, 2.24) is 10.1 Å². The van der Waals surface area contributed by atoms with E-state index in [1.54, 1.807) is 0 Å². The fraction of sp³-hybridized carbons (Fsp3) is 0.0370. The minimum Gasteiger partial charge on any atom is -0.361 e. The summed E-state index contributed by atoms with van der Waals surface area (Å²) < 4.78 is 10.2. The zero-order chi connectivity index (χ0) is 23.2. The van der Waals surface area contributed by atoms with Crippen molar-refractivity contribution < 1.29 is 8.69 Å². The van der Waals surface area contributed by atoms with Crippen molar-refractivity contribution in [2.45, 2.75) is 29.7 Å². The molecule has 0 aliphatic carbocycles. The van der Waals surface area contributed by atoms with Crippen LogP contribution in [0.4, 0.5) is 0 Å². The highest BCUT2D eigenvalue weighted by molar-refractivity contribution is 8.05. The normalized spacial score (nSPS) is 15.8. The van der Waals surface area contributed by atoms with E-state index >= 15 is 0 Å². The molecule has 5 aromatic rings. The van der Waals surface area contributed by atoms with Crippen LogP contribution in [0.5, 0.6) is 0 Å². The molecular weight excluding hydrogens is 513 g/mol. The number of fused-ring (bicyclic) bond motifs is 3. The summed E-state index contributed by atoms with van der Waals surface area (Å²) in [4.78, 5) is 9.86. The molecule has 3 aromatic carbocycles. The van der Waals surface area contributed by atoms with E-state index in [1.807, 2.05) is 52.9 Å². The lowest BCUT2D eigenvalue weighted by atomic mass is 9.93. The second-order valence-electron chi connectivity index (χ2n) is 8.09. The Labute approximate surface area is 218 Å². The summed E-state index contributed by atoms with van der Waals surface area (Å²) in [5.74, 6) is 0. The van der Waals surface area contributed by atoms with E-state index in [0.29, 0.717) is 0 Å². The van der Waals surface area contributed by atoms with Gasteiger partial charge in [-0.2, -0.15) is 9.84 Å². The van der Waals surface area contributed by atoms with Crippen LogP contribution in [0.15, 0.2) is 118 Å². The van der Waals surface area contributed by atoms with Gasteiger partial charge < -0.3 is 4.98 Å². The Morgan fingerprint density at radius 1 is 0.800 bits per heavy atom. The molecule has 172 valence electrons. The van der Waals surface area contributed by atoms with Crippen LogP contribution in [-0.4, -0.2) is 10.1 Å². The maximum absolute atomic E-state index is 5.21. The van der Waals surface area contributed by atoms with Gasteiger partial charge in [0.25, 0.3) is 0 Å². The molecule has 2 aliphatic heterocycles. The third kappa shape index (κ3) is 3.81. The van der Waals surface area contributed by atoms with Crippen LogP contribution in [0.1, 0.15) is 16.4 Å². The van der Waals surface area contributed by atoms with Gasteiger partial charge in [-0.05, 0) is 47.5 Å². The average Bonchev–Trinajstić information content (AvgIpc) is 3.46. The SMILES string of the molecule is C1=CC(c2c3c(cc(-c4ccc[nH]4)c2-c2csoo[nH]2)Sc2ccccc2S3)Sc2ccccc21. The minimum absolute atomic E-state index is 0.137. The van der Waals surface area contributed by atoms with Gasteiger partial charge in [-0.15, -0.1) is 11.8 Å². The minimum atomic E-state index is 0.137. The molecule has 1 atom stereocenters. The lowest BCUT2D eigenvalue weighted by Crippen LogP contribution is -2.06. The van der Waals surface area contributed by atoms with Gasteiger partial charge in [-0.3, -0.25) is 0 Å². The molecule has 2 aromatic heterocycles. The number of hydrogen-bond donors (Lipinski definition) is 2. The van der Waals surface area contributed by atoms with Gasteiger partial charge >= 0.3 is 0 Å². The number of aromatic nitrogens is 2. The first-order chi connectivity index (χ1) is 17.3. The molecule has 0 saturated heterocycles. The number of nitrogens with one attached hydrogen (secondary N) is 2. The fourth-order valence-corrected chi connectivity index (χ4v) is 8.62. The summed E-state index contributed by atoms with van der Waals surface area (Å²) in [5, 5.41) is 5.13. The largest absolute Gasteiger partial charge is 0.361 e. The Balaban J connectivity index is 1.52. The van der Waals surface area contributed by atoms with E-state index < -0.39 is 0 Å². The van der Waals surface area contributed by atoms with E-state index in [2.05, 4.69) is 83.0 Å². The predicted molar refractivity (Wildman–Crippen MR) is 145 cm³/mol. The second kappa shape index (κ2) is 8.95. The molecule has 4 nitrogen and oxygen atoms in total. The number of thioether (sulfide) groups is 1. The number of aromatic amines is 2. The van der Waals surface area contributed by atoms with Gasteiger partial charge in [-0.25, -0.2) is 4.01 Å². The van der Waals surface area contributed by atoms with Crippen LogP contribution in [-0.2, 0) is 0 Å². The van der Waals surface area contributed by atoms with Crippen LogP contribution in [0.3, 0.4) is 0 Å². The number of rotatable bonds is 3. The molecule has 0 amide bonds. The number of hydrogen-bond acceptors (Lipinski definition) is 6. The van der Waals surface area contributed by atoms with Crippen LogP contribution in [0.2, 0.25) is 0 Å². The third-order valence-corrected chi connectivity index (χ3v) is 10.4. The molecule has 8 heteroatoms. The van der Waals surface area contributed by atoms with Crippen LogP contribution < -0.4 is 0 Å². The van der Waals surface area contributed by atoms with Gasteiger partial charge in [0.15, 0.2) is 0 Å². The lowest BCUT2D eigenvalue weighted by molar-refractivity contribution is 0.0324. The molecule has 0 spiro atoms. The highest BCUT2D eigenvalue weighted by Gasteiger charge is 2.31. The summed E-state index contributed by atoms with van der Waals surface area (Å²) in [5.41, 5.74) is 6.75. The van der Waals surface area contributed by atoms with Crippen molar-refractivity contribution in [2.24, 2.45) is 0 Å². The van der Waals surface area contributed by atoms with Crippen molar-refractivity contribution in [1.29, 1.82) is 0 Å². The standard InChI is InChI=1S/C27H18N2O2S4/c1-2-8-20-16(6-1)11-12-23(33-20)26-25(19-15-32-31-30-29-19)17(18-7-5-13-28-18)14-24-27(26)35-22-10-4-3-9-21(22)34-24/h1-15,23,28-29H. The van der Waals surface area contributed by atoms with Crippen molar-refractivity contribution in [3.8, 4) is 22.5 Å². The van der Waals surface area contributed by atoms with E-state index in [0.717, 1.165) is 22.5 Å². The molecule has 0 fully saturated rings. The highest BCUT2D eigenvalue weighted by atomic mass is 32.2. The van der Waals surface area contributed by atoms with Crippen LogP contribution in [0, 0.1) is 0 Å². The third-order valence-electron chi connectivity index (χ3n) is 6.02. The summed E-state index contributed by atoms with van der Waals surface area (Å²) in [6.07, 6.45) is 6.54. The van der Waals surface area contributed by atoms with Crippen molar-refractivity contribution in [2.75, 3.05) is 0 Å². The number of H-pyrrole nitrogens is 2. The van der Waals surface area contributed by atoms with Crippen LogP contribution in [0.25, 0.3) is 28.6 Å². The van der Waals surface area contributed by atoms with Crippen LogP contribution >= 0.6 is 46.9 Å². The molecule has 2 N–H and O–H groups in total. The molecule has 1 unspecified atom stereocenters. The molecule has 4 heterocycles. The molecular formula is C27H18N2O2S4. The van der Waals surface area contributed by atoms with Gasteiger partial charge in [0.2, 0.25) is 0 Å². The first-order valence-corrected chi connectivity index (χ1v) is 14.4. The van der Waals surface area contributed by atoms with Gasteiger partial charge in [-0.1, -0.05) is 66.0 Å². The van der Waals surface area contributed by atoms with Gasteiger partial charge in [0, 0.05) is 47.5 Å². The Kier molecular flexibility index (Phi) is 5.47. The van der Waals surface area contributed by atoms with Crippen molar-refractivity contribution in [3.63, 3.8) is 0 Å². The quantitative estimate of drug-likeness (QED) is 0.223. The summed E-state index contributed by atoms with van der Waals surface area (Å²) in [6.45, 7) is 0. The monoisotopic (exact) mass is 530 g/mol. The topological polar surface area (TPSA) is 57.9 Å². The van der Waals surface area contributed by atoms with E-state index in [4.69, 9.17) is 8.69 Å². The zero-order valence-electron chi connectivity index (χ0n) is 18.2. The molecule has 2 aliphatic rings. The Hall–Kier alpha value is -2.91. The Bertz CT molecular complexity index is 1590. The molecule has 7 rings (SSSR count). The smallest absolute Gasteiger partial charge is 0.0972 e. The molecule has 0 bridgehead atoms. The van der Waals surface area contributed by atoms with E-state index in [-0.39, 0.29) is 5.25 Å². The second-order valence-corrected chi connectivity index (χ2v) is 12.0. The van der Waals surface area contributed by atoms with E-state index in [1.165, 1.54) is 47.2 Å². The first kappa shape index (κ1) is 21.4. The molecule has 35 heavy (non-hydrogen) atoms. The first-order valence-electron chi connectivity index (χ1n) is 11.0. The molecule has 0 radical (unpaired) electrons. The highest BCUT2D eigenvalue weighted by Crippen LogP contribution is 2.58. The van der Waals surface area contributed by atoms with Gasteiger partial charge in [0.1, 0.15) is 0 Å². The lowest BCUT2D eigenvalue weighted by Gasteiger charge is -2.29. The Morgan fingerprint density at radius 3 is 2.43 bits per heavy atom. The average molecular weight is 531 g/mol. The summed E-state index contributed by atoms with van der Waals surface area (Å²) in [6, 6.07) is 23.7. The maximum Gasteiger partial charge on any atom is 0.0972 e. The van der Waals surface area contributed by atoms with E-state index in [9.17, 15) is 0 Å². The zero-order valence-corrected chi connectivity index (χ0v) is 21.5.